The van der Waals surface area contributed by atoms with Crippen molar-refractivity contribution >= 4 is 23.9 Å². The van der Waals surface area contributed by atoms with Crippen LogP contribution >= 0.6 is 0 Å². The minimum absolute atomic E-state index is 0.0252. The van der Waals surface area contributed by atoms with E-state index in [0.717, 1.165) is 29.4 Å². The predicted molar refractivity (Wildman–Crippen MR) is 122 cm³/mol. The smallest absolute Gasteiger partial charge is 0.319 e. The lowest BCUT2D eigenvalue weighted by atomic mass is 9.86. The minimum atomic E-state index is -0.707. The summed E-state index contributed by atoms with van der Waals surface area (Å²) in [5, 5.41) is 5.69. The lowest BCUT2D eigenvalue weighted by Crippen LogP contribution is -2.51. The number of anilines is 1. The van der Waals surface area contributed by atoms with E-state index in [1.165, 1.54) is 5.56 Å². The molecule has 0 saturated carbocycles. The van der Waals surface area contributed by atoms with Gasteiger partial charge in [0.05, 0.1) is 6.54 Å². The number of rotatable bonds is 5. The molecule has 3 amide bonds. The van der Waals surface area contributed by atoms with E-state index in [0.29, 0.717) is 12.1 Å². The Morgan fingerprint density at radius 1 is 1.06 bits per heavy atom. The number of carbonyl (C=O) groups excluding carboxylic acids is 3. The van der Waals surface area contributed by atoms with Crippen LogP contribution in [0.4, 0.5) is 10.5 Å². The Kier molecular flexibility index (Phi) is 7.10. The van der Waals surface area contributed by atoms with Gasteiger partial charge in [-0.3, -0.25) is 4.79 Å². The van der Waals surface area contributed by atoms with Crippen molar-refractivity contribution in [2.75, 3.05) is 11.9 Å². The summed E-state index contributed by atoms with van der Waals surface area (Å²) in [6.07, 6.45) is 1.97. The molecule has 6 heteroatoms. The summed E-state index contributed by atoms with van der Waals surface area (Å²) in [6, 6.07) is 12.6. The predicted octanol–water partition coefficient (Wildman–Crippen LogP) is 4.10. The second kappa shape index (κ2) is 9.77. The SMILES string of the molecule is Cc1ccc(NC(=O)N[C@@H]2C[C@H](c3ccccc3C)C[C@H](C)N(CC=O)C2=O)cc1C. The Balaban J connectivity index is 1.83. The number of amides is 3. The standard InChI is InChI=1S/C25H31N3O3/c1-16-9-10-21(13-18(16)3)26-25(31)27-23-15-20(22-8-6-5-7-17(22)2)14-19(4)28(11-12-29)24(23)30/h5-10,12-13,19-20,23H,11,14-15H2,1-4H3,(H2,26,27,31)/t19-,20+,23+/m0/s1. The van der Waals surface area contributed by atoms with E-state index >= 15 is 0 Å². The van der Waals surface area contributed by atoms with Crippen molar-refractivity contribution in [1.29, 1.82) is 0 Å². The average Bonchev–Trinajstić information content (AvgIpc) is 2.83. The van der Waals surface area contributed by atoms with Gasteiger partial charge in [-0.25, -0.2) is 4.79 Å². The third kappa shape index (κ3) is 5.32. The van der Waals surface area contributed by atoms with Crippen LogP contribution in [0.1, 0.15) is 47.9 Å². The van der Waals surface area contributed by atoms with Crippen molar-refractivity contribution in [2.45, 2.75) is 58.5 Å². The van der Waals surface area contributed by atoms with Gasteiger partial charge in [0.25, 0.3) is 0 Å². The number of likely N-dealkylation sites (tertiary alicyclic amines) is 1. The van der Waals surface area contributed by atoms with Gasteiger partial charge in [-0.2, -0.15) is 0 Å². The van der Waals surface area contributed by atoms with Crippen LogP contribution < -0.4 is 10.6 Å². The molecule has 31 heavy (non-hydrogen) atoms. The molecule has 0 aromatic heterocycles. The van der Waals surface area contributed by atoms with Crippen LogP contribution in [0, 0.1) is 20.8 Å². The molecule has 0 bridgehead atoms. The molecule has 2 aromatic rings. The first-order valence-electron chi connectivity index (χ1n) is 10.7. The first-order valence-corrected chi connectivity index (χ1v) is 10.7. The number of nitrogens with one attached hydrogen (secondary N) is 2. The first kappa shape index (κ1) is 22.5. The number of hydrogen-bond donors (Lipinski definition) is 2. The van der Waals surface area contributed by atoms with E-state index in [2.05, 4.69) is 29.7 Å². The van der Waals surface area contributed by atoms with Crippen LogP contribution in [0.5, 0.6) is 0 Å². The zero-order valence-electron chi connectivity index (χ0n) is 18.6. The number of nitrogens with zero attached hydrogens (tertiary/aromatic N) is 1. The summed E-state index contributed by atoms with van der Waals surface area (Å²) >= 11 is 0. The largest absolute Gasteiger partial charge is 0.331 e. The fraction of sp³-hybridized carbons (Fsp3) is 0.400. The maximum Gasteiger partial charge on any atom is 0.319 e. The Labute approximate surface area is 184 Å². The van der Waals surface area contributed by atoms with Gasteiger partial charge < -0.3 is 20.3 Å². The maximum absolute atomic E-state index is 13.2. The number of benzene rings is 2. The third-order valence-corrected chi connectivity index (χ3v) is 6.23. The summed E-state index contributed by atoms with van der Waals surface area (Å²) in [5.41, 5.74) is 5.24. The van der Waals surface area contributed by atoms with Crippen molar-refractivity contribution < 1.29 is 14.4 Å². The first-order chi connectivity index (χ1) is 14.8. The van der Waals surface area contributed by atoms with Crippen LogP contribution in [0.2, 0.25) is 0 Å². The van der Waals surface area contributed by atoms with Crippen molar-refractivity contribution in [3.8, 4) is 0 Å². The number of aldehydes is 1. The molecule has 1 aliphatic heterocycles. The summed E-state index contributed by atoms with van der Waals surface area (Å²) in [7, 11) is 0. The van der Waals surface area contributed by atoms with Crippen molar-refractivity contribution in [1.82, 2.24) is 10.2 Å². The van der Waals surface area contributed by atoms with Crippen LogP contribution in [-0.2, 0) is 9.59 Å². The van der Waals surface area contributed by atoms with Gasteiger partial charge >= 0.3 is 6.03 Å². The van der Waals surface area contributed by atoms with Gasteiger partial charge in [-0.05, 0) is 80.8 Å². The van der Waals surface area contributed by atoms with Crippen molar-refractivity contribution in [3.05, 3.63) is 64.7 Å². The van der Waals surface area contributed by atoms with Gasteiger partial charge in [0.15, 0.2) is 0 Å². The molecule has 164 valence electrons. The molecule has 0 aliphatic carbocycles. The van der Waals surface area contributed by atoms with Gasteiger partial charge in [-0.15, -0.1) is 0 Å². The Morgan fingerprint density at radius 2 is 1.81 bits per heavy atom. The zero-order chi connectivity index (χ0) is 22.5. The highest BCUT2D eigenvalue weighted by Crippen LogP contribution is 2.33. The number of aryl methyl sites for hydroxylation is 3. The Bertz CT molecular complexity index is 972. The van der Waals surface area contributed by atoms with E-state index in [9.17, 15) is 14.4 Å². The monoisotopic (exact) mass is 421 g/mol. The van der Waals surface area contributed by atoms with Crippen molar-refractivity contribution in [3.63, 3.8) is 0 Å². The maximum atomic E-state index is 13.2. The van der Waals surface area contributed by atoms with Gasteiger partial charge in [-0.1, -0.05) is 30.3 Å². The molecule has 1 fully saturated rings. The summed E-state index contributed by atoms with van der Waals surface area (Å²) < 4.78 is 0. The number of urea groups is 1. The molecule has 0 radical (unpaired) electrons. The lowest BCUT2D eigenvalue weighted by Gasteiger charge is -2.28. The molecule has 2 N–H and O–H groups in total. The second-order valence-corrected chi connectivity index (χ2v) is 8.48. The number of hydrogen-bond acceptors (Lipinski definition) is 3. The third-order valence-electron chi connectivity index (χ3n) is 6.23. The Hall–Kier alpha value is -3.15. The summed E-state index contributed by atoms with van der Waals surface area (Å²) in [5.74, 6) is -0.116. The molecule has 1 saturated heterocycles. The topological polar surface area (TPSA) is 78.5 Å². The fourth-order valence-electron chi connectivity index (χ4n) is 4.35. The van der Waals surface area contributed by atoms with Crippen LogP contribution in [0.25, 0.3) is 0 Å². The quantitative estimate of drug-likeness (QED) is 0.714. The molecule has 6 nitrogen and oxygen atoms in total. The van der Waals surface area contributed by atoms with Crippen molar-refractivity contribution in [2.24, 2.45) is 0 Å². The molecular weight excluding hydrogens is 390 g/mol. The average molecular weight is 422 g/mol. The molecule has 1 heterocycles. The van der Waals surface area contributed by atoms with E-state index in [4.69, 9.17) is 0 Å². The molecule has 1 aliphatic rings. The lowest BCUT2D eigenvalue weighted by molar-refractivity contribution is -0.136. The van der Waals surface area contributed by atoms with E-state index in [1.54, 1.807) is 4.90 Å². The normalized spacial score (nSPS) is 21.4. The molecule has 2 aromatic carbocycles. The number of carbonyl (C=O) groups is 3. The molecule has 0 unspecified atom stereocenters. The highest BCUT2D eigenvalue weighted by atomic mass is 16.2. The fourth-order valence-corrected chi connectivity index (χ4v) is 4.35. The van der Waals surface area contributed by atoms with Gasteiger partial charge in [0, 0.05) is 11.7 Å². The van der Waals surface area contributed by atoms with Crippen LogP contribution in [0.3, 0.4) is 0 Å². The highest BCUT2D eigenvalue weighted by Gasteiger charge is 2.36. The van der Waals surface area contributed by atoms with Crippen LogP contribution in [-0.4, -0.2) is 41.8 Å². The molecule has 0 spiro atoms. The zero-order valence-corrected chi connectivity index (χ0v) is 18.6. The molecule has 3 rings (SSSR count). The Morgan fingerprint density at radius 3 is 2.48 bits per heavy atom. The van der Waals surface area contributed by atoms with Crippen LogP contribution in [0.15, 0.2) is 42.5 Å². The summed E-state index contributed by atoms with van der Waals surface area (Å²) in [6.45, 7) is 8.04. The van der Waals surface area contributed by atoms with Gasteiger partial charge in [0.1, 0.15) is 12.3 Å². The highest BCUT2D eigenvalue weighted by molar-refractivity contribution is 5.94. The van der Waals surface area contributed by atoms with E-state index in [1.807, 2.05) is 51.1 Å². The minimum Gasteiger partial charge on any atom is -0.331 e. The second-order valence-electron chi connectivity index (χ2n) is 8.48. The van der Waals surface area contributed by atoms with Gasteiger partial charge in [0.2, 0.25) is 5.91 Å². The summed E-state index contributed by atoms with van der Waals surface area (Å²) in [4.78, 5) is 38.7. The van der Waals surface area contributed by atoms with E-state index in [-0.39, 0.29) is 24.4 Å². The van der Waals surface area contributed by atoms with E-state index < -0.39 is 12.1 Å². The molecule has 3 atom stereocenters. The molecular formula is C25H31N3O3.